The molecule has 2 aromatic heterocycles. The Morgan fingerprint density at radius 1 is 1.33 bits per heavy atom. The van der Waals surface area contributed by atoms with Gasteiger partial charge in [0.15, 0.2) is 5.16 Å². The zero-order chi connectivity index (χ0) is 16.8. The van der Waals surface area contributed by atoms with E-state index in [0.29, 0.717) is 17.5 Å². The first-order chi connectivity index (χ1) is 11.7. The van der Waals surface area contributed by atoms with Gasteiger partial charge in [0.1, 0.15) is 6.33 Å². The van der Waals surface area contributed by atoms with Crippen LogP contribution in [0, 0.1) is 6.92 Å². The summed E-state index contributed by atoms with van der Waals surface area (Å²) in [6.07, 6.45) is 4.19. The summed E-state index contributed by atoms with van der Waals surface area (Å²) in [6, 6.07) is 8.10. The van der Waals surface area contributed by atoms with Gasteiger partial charge < -0.3 is 5.32 Å². The van der Waals surface area contributed by atoms with E-state index in [-0.39, 0.29) is 5.91 Å². The van der Waals surface area contributed by atoms with E-state index in [4.69, 9.17) is 0 Å². The molecule has 2 heterocycles. The second kappa shape index (κ2) is 8.07. The number of hydrogen-bond acceptors (Lipinski definition) is 6. The second-order valence-electron chi connectivity index (χ2n) is 5.13. The third kappa shape index (κ3) is 4.42. The lowest BCUT2D eigenvalue weighted by atomic mass is 10.2. The molecule has 3 rings (SSSR count). The molecule has 0 unspecified atom stereocenters. The molecule has 8 heteroatoms. The fourth-order valence-electron chi connectivity index (χ4n) is 2.07. The van der Waals surface area contributed by atoms with E-state index in [1.807, 2.05) is 41.1 Å². The Morgan fingerprint density at radius 3 is 2.92 bits per heavy atom. The molecule has 0 aliphatic heterocycles. The van der Waals surface area contributed by atoms with Gasteiger partial charge >= 0.3 is 0 Å². The van der Waals surface area contributed by atoms with Crippen molar-refractivity contribution in [2.75, 3.05) is 12.3 Å². The van der Waals surface area contributed by atoms with Crippen LogP contribution in [-0.2, 0) is 11.2 Å². The number of aromatic nitrogens is 4. The van der Waals surface area contributed by atoms with Crippen molar-refractivity contribution in [3.63, 3.8) is 0 Å². The predicted molar refractivity (Wildman–Crippen MR) is 95.6 cm³/mol. The first-order valence-corrected chi connectivity index (χ1v) is 9.34. The Bertz CT molecular complexity index is 783. The summed E-state index contributed by atoms with van der Waals surface area (Å²) in [5.74, 6) is 0.289. The highest BCUT2D eigenvalue weighted by Gasteiger charge is 2.10. The molecular weight excluding hydrogens is 342 g/mol. The Labute approximate surface area is 148 Å². The molecule has 1 N–H and O–H groups in total. The molecule has 24 heavy (non-hydrogen) atoms. The second-order valence-corrected chi connectivity index (χ2v) is 7.06. The number of nitrogens with one attached hydrogen (secondary N) is 1. The lowest BCUT2D eigenvalue weighted by molar-refractivity contribution is -0.118. The summed E-state index contributed by atoms with van der Waals surface area (Å²) in [6.45, 7) is 2.64. The van der Waals surface area contributed by atoms with Crippen LogP contribution in [0.1, 0.15) is 10.6 Å². The molecule has 3 aromatic rings. The number of thioether (sulfide) groups is 1. The van der Waals surface area contributed by atoms with Crippen LogP contribution in [0.5, 0.6) is 0 Å². The van der Waals surface area contributed by atoms with Gasteiger partial charge in [-0.15, -0.1) is 21.5 Å². The minimum atomic E-state index is -0.0185. The fourth-order valence-corrected chi connectivity index (χ4v) is 3.45. The number of aryl methyl sites for hydroxylation is 1. The molecule has 0 aliphatic rings. The van der Waals surface area contributed by atoms with Crippen molar-refractivity contribution in [2.24, 2.45) is 0 Å². The van der Waals surface area contributed by atoms with Gasteiger partial charge in [0.2, 0.25) is 5.91 Å². The average Bonchev–Trinajstić information content (AvgIpc) is 3.25. The van der Waals surface area contributed by atoms with Gasteiger partial charge in [-0.05, 0) is 19.1 Å². The predicted octanol–water partition coefficient (Wildman–Crippen LogP) is 2.48. The van der Waals surface area contributed by atoms with E-state index in [0.717, 1.165) is 17.1 Å². The van der Waals surface area contributed by atoms with Crippen LogP contribution in [0.4, 0.5) is 0 Å². The Kier molecular flexibility index (Phi) is 5.60. The maximum atomic E-state index is 12.0. The van der Waals surface area contributed by atoms with E-state index in [1.165, 1.54) is 17.3 Å². The maximum absolute atomic E-state index is 12.0. The number of carbonyl (C=O) groups is 1. The van der Waals surface area contributed by atoms with Crippen molar-refractivity contribution in [3.05, 3.63) is 52.7 Å². The molecule has 0 atom stereocenters. The summed E-state index contributed by atoms with van der Waals surface area (Å²) in [5, 5.41) is 14.6. The van der Waals surface area contributed by atoms with Gasteiger partial charge in [-0.3, -0.25) is 9.36 Å². The summed E-state index contributed by atoms with van der Waals surface area (Å²) in [4.78, 5) is 16.1. The number of nitrogens with zero attached hydrogens (tertiary/aromatic N) is 4. The number of carbonyl (C=O) groups excluding carboxylic acids is 1. The Balaban J connectivity index is 1.50. The smallest absolute Gasteiger partial charge is 0.230 e. The first-order valence-electron chi connectivity index (χ1n) is 7.47. The van der Waals surface area contributed by atoms with E-state index in [9.17, 15) is 4.79 Å². The highest BCUT2D eigenvalue weighted by Crippen LogP contribution is 2.19. The average molecular weight is 359 g/mol. The van der Waals surface area contributed by atoms with Crippen LogP contribution in [-0.4, -0.2) is 38.0 Å². The number of amides is 1. The van der Waals surface area contributed by atoms with Crippen LogP contribution in [0.2, 0.25) is 0 Å². The molecule has 0 saturated carbocycles. The van der Waals surface area contributed by atoms with Gasteiger partial charge in [0, 0.05) is 30.2 Å². The van der Waals surface area contributed by atoms with Crippen LogP contribution in [0.25, 0.3) is 5.69 Å². The summed E-state index contributed by atoms with van der Waals surface area (Å²) >= 11 is 2.97. The van der Waals surface area contributed by atoms with Gasteiger partial charge in [-0.25, -0.2) is 4.98 Å². The highest BCUT2D eigenvalue weighted by atomic mass is 32.2. The zero-order valence-corrected chi connectivity index (χ0v) is 14.8. The number of hydrogen-bond donors (Lipinski definition) is 1. The quantitative estimate of drug-likeness (QED) is 0.656. The molecular formula is C16H17N5OS2. The summed E-state index contributed by atoms with van der Waals surface area (Å²) in [7, 11) is 0. The number of rotatable bonds is 7. The molecule has 124 valence electrons. The minimum absolute atomic E-state index is 0.0185. The molecule has 0 bridgehead atoms. The van der Waals surface area contributed by atoms with E-state index < -0.39 is 0 Å². The van der Waals surface area contributed by atoms with Crippen LogP contribution < -0.4 is 5.32 Å². The Morgan fingerprint density at radius 2 is 2.17 bits per heavy atom. The molecule has 0 fully saturated rings. The number of benzene rings is 1. The van der Waals surface area contributed by atoms with Crippen LogP contribution in [0.15, 0.2) is 47.3 Å². The van der Waals surface area contributed by atoms with Crippen molar-refractivity contribution in [3.8, 4) is 5.69 Å². The molecule has 1 aromatic carbocycles. The standard InChI is InChI=1S/C16H17N5OS2/c1-12-2-4-13(5-3-12)21-11-19-20-16(21)24-10-14(22)17-7-6-15-18-8-9-23-15/h2-5,8-9,11H,6-7,10H2,1H3,(H,17,22). The topological polar surface area (TPSA) is 72.7 Å². The maximum Gasteiger partial charge on any atom is 0.230 e. The van der Waals surface area contributed by atoms with E-state index in [2.05, 4.69) is 20.5 Å². The zero-order valence-electron chi connectivity index (χ0n) is 13.2. The normalized spacial score (nSPS) is 10.7. The molecule has 6 nitrogen and oxygen atoms in total. The van der Waals surface area contributed by atoms with Crippen molar-refractivity contribution in [1.82, 2.24) is 25.1 Å². The van der Waals surface area contributed by atoms with E-state index >= 15 is 0 Å². The van der Waals surface area contributed by atoms with Crippen molar-refractivity contribution in [2.45, 2.75) is 18.5 Å². The number of thiazole rings is 1. The largest absolute Gasteiger partial charge is 0.355 e. The van der Waals surface area contributed by atoms with Crippen molar-refractivity contribution in [1.29, 1.82) is 0 Å². The van der Waals surface area contributed by atoms with Gasteiger partial charge in [-0.2, -0.15) is 0 Å². The molecule has 0 radical (unpaired) electrons. The third-order valence-corrected chi connectivity index (χ3v) is 5.09. The fraction of sp³-hybridized carbons (Fsp3) is 0.250. The van der Waals surface area contributed by atoms with Gasteiger partial charge in [0.25, 0.3) is 0 Å². The van der Waals surface area contributed by atoms with Crippen molar-refractivity contribution < 1.29 is 4.79 Å². The molecule has 0 spiro atoms. The minimum Gasteiger partial charge on any atom is -0.355 e. The van der Waals surface area contributed by atoms with E-state index in [1.54, 1.807) is 23.9 Å². The first kappa shape index (κ1) is 16.7. The SMILES string of the molecule is Cc1ccc(-n2cnnc2SCC(=O)NCCc2nccs2)cc1. The van der Waals surface area contributed by atoms with Crippen LogP contribution in [0.3, 0.4) is 0 Å². The van der Waals surface area contributed by atoms with Gasteiger partial charge in [0.05, 0.1) is 10.8 Å². The summed E-state index contributed by atoms with van der Waals surface area (Å²) < 4.78 is 1.88. The van der Waals surface area contributed by atoms with Crippen molar-refractivity contribution >= 4 is 29.0 Å². The molecule has 0 aliphatic carbocycles. The Hall–Kier alpha value is -2.19. The highest BCUT2D eigenvalue weighted by molar-refractivity contribution is 7.99. The van der Waals surface area contributed by atoms with Gasteiger partial charge in [-0.1, -0.05) is 29.5 Å². The molecule has 0 saturated heterocycles. The lowest BCUT2D eigenvalue weighted by Gasteiger charge is -2.07. The monoisotopic (exact) mass is 359 g/mol. The molecule has 1 amide bonds. The summed E-state index contributed by atoms with van der Waals surface area (Å²) in [5.41, 5.74) is 2.18. The lowest BCUT2D eigenvalue weighted by Crippen LogP contribution is -2.27. The third-order valence-electron chi connectivity index (χ3n) is 3.31. The van der Waals surface area contributed by atoms with Crippen LogP contribution >= 0.6 is 23.1 Å².